The highest BCUT2D eigenvalue weighted by Gasteiger charge is 2.32. The molecule has 0 aliphatic carbocycles. The molecule has 1 unspecified atom stereocenters. The first-order chi connectivity index (χ1) is 7.09. The van der Waals surface area contributed by atoms with Gasteiger partial charge in [-0.3, -0.25) is 35.8 Å². The minimum atomic E-state index is -3.58. The number of aliphatic imine (C=N–C) groups is 1. The van der Waals surface area contributed by atoms with Gasteiger partial charge in [0, 0.05) is 6.20 Å². The highest BCUT2D eigenvalue weighted by atomic mass is 32.7. The second kappa shape index (κ2) is 4.50. The van der Waals surface area contributed by atoms with Crippen LogP contribution in [0.1, 0.15) is 0 Å². The molecule has 10 N–H and O–H groups in total. The summed E-state index contributed by atoms with van der Waals surface area (Å²) in [6, 6.07) is 0. The third-order valence-electron chi connectivity index (χ3n) is 1.50. The molecule has 1 heterocycles. The first kappa shape index (κ1) is 13.7. The smallest absolute Gasteiger partial charge is 0.302 e. The van der Waals surface area contributed by atoms with E-state index >= 15 is 0 Å². The van der Waals surface area contributed by atoms with Crippen molar-refractivity contribution in [2.24, 2.45) is 32.7 Å². The molecule has 92 valence electrons. The van der Waals surface area contributed by atoms with Gasteiger partial charge < -0.3 is 5.73 Å². The Morgan fingerprint density at radius 2 is 1.88 bits per heavy atom. The minimum absolute atomic E-state index is 0.149. The second-order valence-corrected chi connectivity index (χ2v) is 9.07. The molecule has 0 aromatic carbocycles. The molecule has 1 aliphatic heterocycles. The van der Waals surface area contributed by atoms with Crippen LogP contribution < -0.4 is 27.8 Å². The van der Waals surface area contributed by atoms with Gasteiger partial charge in [-0.1, -0.05) is 0 Å². The van der Waals surface area contributed by atoms with Gasteiger partial charge in [-0.15, -0.1) is 0 Å². The molecular weight excluding hydrogens is 272 g/mol. The van der Waals surface area contributed by atoms with Crippen LogP contribution in [0, 0.1) is 0 Å². The summed E-state index contributed by atoms with van der Waals surface area (Å²) in [4.78, 5) is 3.85. The van der Waals surface area contributed by atoms with Crippen LogP contribution >= 0.6 is 25.6 Å². The highest BCUT2D eigenvalue weighted by molar-refractivity contribution is 8.57. The number of nitrogens with two attached hydrogens (primary N) is 5. The van der Waals surface area contributed by atoms with E-state index in [2.05, 4.69) is 4.99 Å². The molecule has 0 saturated heterocycles. The molecule has 0 bridgehead atoms. The zero-order valence-corrected chi connectivity index (χ0v) is 10.7. The number of rotatable bonds is 3. The predicted molar refractivity (Wildman–Crippen MR) is 65.9 cm³/mol. The third kappa shape index (κ3) is 3.91. The molecule has 0 aromatic heterocycles. The third-order valence-corrected chi connectivity index (χ3v) is 5.14. The Balaban J connectivity index is 2.98. The molecule has 1 rings (SSSR count). The lowest BCUT2D eigenvalue weighted by molar-refractivity contribution is 0.483. The van der Waals surface area contributed by atoms with E-state index in [1.807, 2.05) is 0 Å². The fourth-order valence-corrected chi connectivity index (χ4v) is 4.34. The molecule has 0 spiro atoms. The van der Waals surface area contributed by atoms with E-state index in [9.17, 15) is 9.13 Å². The maximum Gasteiger partial charge on any atom is 0.302 e. The number of nitrogens with zero attached hydrogens (tertiary/aromatic N) is 2. The Bertz CT molecular complexity index is 424. The summed E-state index contributed by atoms with van der Waals surface area (Å²) >= 11 is 0.602. The van der Waals surface area contributed by atoms with E-state index in [4.69, 9.17) is 27.8 Å². The molecular formula is C4H13N7O2P2S. The van der Waals surface area contributed by atoms with Crippen molar-refractivity contribution in [2.75, 3.05) is 0 Å². The Morgan fingerprint density at radius 1 is 1.31 bits per heavy atom. The van der Waals surface area contributed by atoms with Gasteiger partial charge in [0.25, 0.3) is 6.65 Å². The van der Waals surface area contributed by atoms with Gasteiger partial charge in [-0.25, -0.2) is 4.99 Å². The highest BCUT2D eigenvalue weighted by Crippen LogP contribution is 2.51. The van der Waals surface area contributed by atoms with E-state index in [1.54, 1.807) is 0 Å². The Morgan fingerprint density at radius 3 is 2.31 bits per heavy atom. The van der Waals surface area contributed by atoms with Gasteiger partial charge in [-0.2, -0.15) is 0 Å². The molecule has 12 heteroatoms. The molecule has 0 aromatic rings. The van der Waals surface area contributed by atoms with Crippen LogP contribution in [0.5, 0.6) is 0 Å². The van der Waals surface area contributed by atoms with Gasteiger partial charge >= 0.3 is 7.59 Å². The van der Waals surface area contributed by atoms with Crippen LogP contribution in [0.4, 0.5) is 0 Å². The van der Waals surface area contributed by atoms with E-state index in [0.29, 0.717) is 11.4 Å². The average Bonchev–Trinajstić information content (AvgIpc) is 1.97. The summed E-state index contributed by atoms with van der Waals surface area (Å²) in [6.07, 6.45) is 2.66. The molecule has 0 radical (unpaired) electrons. The molecule has 1 aliphatic rings. The van der Waals surface area contributed by atoms with Crippen molar-refractivity contribution in [2.45, 2.75) is 5.50 Å². The largest absolute Gasteiger partial charge is 0.384 e. The van der Waals surface area contributed by atoms with E-state index < -0.39 is 19.7 Å². The minimum Gasteiger partial charge on any atom is -0.384 e. The Hall–Kier alpha value is -0.340. The number of hydrogen-bond acceptors (Lipinski definition) is 5. The van der Waals surface area contributed by atoms with Crippen LogP contribution in [0.3, 0.4) is 0 Å². The van der Waals surface area contributed by atoms with Crippen LogP contribution in [-0.2, 0) is 9.13 Å². The standard InChI is InChI=1S/C4H13N7O2P2S/c5-3-1-2-11(14(6,7)12)4(10-3)16-15(8,9)13/h1-2,4H,(H2,5,10)(H4,6,7,12)(H4,8,9,13). The topological polar surface area (TPSA) is 180 Å². The molecule has 0 saturated carbocycles. The van der Waals surface area contributed by atoms with Gasteiger partial charge in [0.2, 0.25) is 0 Å². The van der Waals surface area contributed by atoms with Gasteiger partial charge in [0.05, 0.1) is 0 Å². The zero-order chi connectivity index (χ0) is 12.6. The van der Waals surface area contributed by atoms with E-state index in [0.717, 1.165) is 4.67 Å². The summed E-state index contributed by atoms with van der Waals surface area (Å²) in [5, 5.41) is 0. The van der Waals surface area contributed by atoms with Gasteiger partial charge in [0.15, 0.2) is 5.50 Å². The predicted octanol–water partition coefficient (Wildman–Crippen LogP) is -0.759. The fourth-order valence-electron chi connectivity index (χ4n) is 0.934. The Labute approximate surface area is 96.2 Å². The molecule has 1 atom stereocenters. The van der Waals surface area contributed by atoms with Crippen molar-refractivity contribution in [1.29, 1.82) is 0 Å². The normalized spacial score (nSPS) is 22.1. The average molecular weight is 285 g/mol. The maximum absolute atomic E-state index is 11.5. The van der Waals surface area contributed by atoms with Crippen molar-refractivity contribution in [3.63, 3.8) is 0 Å². The maximum atomic E-state index is 11.5. The lowest BCUT2D eigenvalue weighted by Gasteiger charge is -2.31. The first-order valence-corrected chi connectivity index (χ1v) is 9.05. The van der Waals surface area contributed by atoms with Crippen molar-refractivity contribution >= 4 is 31.5 Å². The molecule has 9 nitrogen and oxygen atoms in total. The number of hydrogen-bond donors (Lipinski definition) is 5. The summed E-state index contributed by atoms with van der Waals surface area (Å²) in [5.41, 5.74) is 25.4. The SMILES string of the molecule is NC1=NC(SP(N)(N)=O)N(P(N)(N)=O)C=C1. The lowest BCUT2D eigenvalue weighted by atomic mass is 10.5. The van der Waals surface area contributed by atoms with E-state index in [1.165, 1.54) is 12.3 Å². The van der Waals surface area contributed by atoms with Crippen molar-refractivity contribution in [1.82, 2.24) is 4.67 Å². The quantitative estimate of drug-likeness (QED) is 0.416. The van der Waals surface area contributed by atoms with Crippen LogP contribution in [0.15, 0.2) is 17.3 Å². The van der Waals surface area contributed by atoms with Crippen molar-refractivity contribution < 1.29 is 9.13 Å². The monoisotopic (exact) mass is 285 g/mol. The van der Waals surface area contributed by atoms with Crippen molar-refractivity contribution in [3.8, 4) is 0 Å². The summed E-state index contributed by atoms with van der Waals surface area (Å²) in [6.45, 7) is -3.42. The Kier molecular flexibility index (Phi) is 3.86. The molecule has 0 fully saturated rings. The van der Waals surface area contributed by atoms with Crippen molar-refractivity contribution in [3.05, 3.63) is 12.3 Å². The fraction of sp³-hybridized carbons (Fsp3) is 0.250. The van der Waals surface area contributed by atoms with E-state index in [-0.39, 0.29) is 5.84 Å². The van der Waals surface area contributed by atoms with Crippen LogP contribution in [-0.4, -0.2) is 16.0 Å². The van der Waals surface area contributed by atoms with Crippen LogP contribution in [0.2, 0.25) is 0 Å². The van der Waals surface area contributed by atoms with Gasteiger partial charge in [-0.05, 0) is 17.5 Å². The second-order valence-electron chi connectivity index (χ2n) is 3.00. The first-order valence-electron chi connectivity index (χ1n) is 3.93. The number of amidine groups is 1. The lowest BCUT2D eigenvalue weighted by Crippen LogP contribution is -2.35. The zero-order valence-electron chi connectivity index (χ0n) is 8.13. The summed E-state index contributed by atoms with van der Waals surface area (Å²) in [7, 11) is -3.58. The van der Waals surface area contributed by atoms with Crippen LogP contribution in [0.25, 0.3) is 0 Å². The molecule has 16 heavy (non-hydrogen) atoms. The summed E-state index contributed by atoms with van der Waals surface area (Å²) in [5.74, 6) is 0.149. The molecule has 0 amide bonds. The summed E-state index contributed by atoms with van der Waals surface area (Å²) < 4.78 is 23.8. The van der Waals surface area contributed by atoms with Gasteiger partial charge in [0.1, 0.15) is 5.84 Å².